The molecule has 1 aromatic heterocycles. The molecule has 0 radical (unpaired) electrons. The molecule has 2 atom stereocenters. The highest BCUT2D eigenvalue weighted by Crippen LogP contribution is 2.41. The van der Waals surface area contributed by atoms with Crippen molar-refractivity contribution in [2.24, 2.45) is 11.8 Å². The molecule has 3 rings (SSSR count). The first-order valence-electron chi connectivity index (χ1n) is 8.99. The molecule has 0 bridgehead atoms. The number of carboxylic acid groups (broad SMARTS) is 1. The van der Waals surface area contributed by atoms with Crippen LogP contribution in [0.1, 0.15) is 28.1 Å². The first-order chi connectivity index (χ1) is 13.8. The molecule has 152 valence electrons. The first-order valence-corrected chi connectivity index (χ1v) is 9.81. The summed E-state index contributed by atoms with van der Waals surface area (Å²) in [4.78, 5) is 37.6. The Morgan fingerprint density at radius 2 is 1.76 bits per heavy atom. The van der Waals surface area contributed by atoms with Gasteiger partial charge in [-0.2, -0.15) is 0 Å². The highest BCUT2D eigenvalue weighted by molar-refractivity contribution is 7.17. The number of thiophene rings is 1. The van der Waals surface area contributed by atoms with Gasteiger partial charge in [0.05, 0.1) is 18.9 Å². The molecular formula is C21H20FNO5S. The molecule has 1 aliphatic rings. The Hall–Kier alpha value is -3.00. The molecular weight excluding hydrogens is 397 g/mol. The number of hydrogen-bond acceptors (Lipinski definition) is 5. The monoisotopic (exact) mass is 417 g/mol. The Bertz CT molecular complexity index is 980. The number of aliphatic carboxylic acids is 1. The van der Waals surface area contributed by atoms with Crippen LogP contribution in [0.3, 0.4) is 0 Å². The average Bonchev–Trinajstić information content (AvgIpc) is 3.03. The number of methoxy groups -OCH3 is 1. The first kappa shape index (κ1) is 20.7. The van der Waals surface area contributed by atoms with E-state index >= 15 is 0 Å². The molecule has 1 aliphatic carbocycles. The van der Waals surface area contributed by atoms with Gasteiger partial charge in [0.1, 0.15) is 16.4 Å². The van der Waals surface area contributed by atoms with E-state index in [1.54, 1.807) is 31.2 Å². The Morgan fingerprint density at radius 1 is 1.14 bits per heavy atom. The van der Waals surface area contributed by atoms with Crippen LogP contribution in [-0.4, -0.2) is 30.1 Å². The molecule has 8 heteroatoms. The van der Waals surface area contributed by atoms with E-state index < -0.39 is 35.5 Å². The number of anilines is 1. The van der Waals surface area contributed by atoms with Crippen molar-refractivity contribution >= 4 is 34.2 Å². The van der Waals surface area contributed by atoms with Gasteiger partial charge in [-0.3, -0.25) is 9.59 Å². The van der Waals surface area contributed by atoms with Crippen molar-refractivity contribution in [3.63, 3.8) is 0 Å². The Kier molecular flexibility index (Phi) is 6.12. The number of hydrogen-bond donors (Lipinski definition) is 2. The summed E-state index contributed by atoms with van der Waals surface area (Å²) in [5.41, 5.74) is 1.34. The van der Waals surface area contributed by atoms with Crippen molar-refractivity contribution < 1.29 is 28.6 Å². The Balaban J connectivity index is 1.99. The van der Waals surface area contributed by atoms with Gasteiger partial charge in [-0.15, -0.1) is 11.3 Å². The molecule has 2 unspecified atom stereocenters. The standard InChI is InChI=1S/C21H20FNO5S/c1-11-16(12-7-9-13(22)10-8-12)17(21(27)28-2)19(29-11)23-18(24)14-5-3-4-6-15(14)20(25)26/h3-4,7-10,14-15H,5-6H2,1-2H3,(H,23,24)(H,25,26). The van der Waals surface area contributed by atoms with Crippen molar-refractivity contribution in [1.82, 2.24) is 0 Å². The fourth-order valence-electron chi connectivity index (χ4n) is 3.48. The van der Waals surface area contributed by atoms with Crippen molar-refractivity contribution in [2.75, 3.05) is 12.4 Å². The van der Waals surface area contributed by atoms with Crippen LogP contribution < -0.4 is 5.32 Å². The van der Waals surface area contributed by atoms with Crippen molar-refractivity contribution in [3.8, 4) is 11.1 Å². The highest BCUT2D eigenvalue weighted by Gasteiger charge is 2.35. The van der Waals surface area contributed by atoms with Gasteiger partial charge in [0, 0.05) is 10.4 Å². The zero-order valence-electron chi connectivity index (χ0n) is 15.9. The minimum Gasteiger partial charge on any atom is -0.481 e. The summed E-state index contributed by atoms with van der Waals surface area (Å²) in [6.07, 6.45) is 4.13. The topological polar surface area (TPSA) is 92.7 Å². The lowest BCUT2D eigenvalue weighted by molar-refractivity contribution is -0.146. The molecule has 0 spiro atoms. The van der Waals surface area contributed by atoms with Gasteiger partial charge in [-0.1, -0.05) is 24.3 Å². The number of carboxylic acids is 1. The fourth-order valence-corrected chi connectivity index (χ4v) is 4.54. The smallest absolute Gasteiger partial charge is 0.341 e. The number of carbonyl (C=O) groups is 3. The third-order valence-electron chi connectivity index (χ3n) is 4.93. The normalized spacial score (nSPS) is 18.3. The lowest BCUT2D eigenvalue weighted by Gasteiger charge is -2.24. The molecule has 2 N–H and O–H groups in total. The number of aryl methyl sites for hydroxylation is 1. The van der Waals surface area contributed by atoms with E-state index in [-0.39, 0.29) is 17.0 Å². The summed E-state index contributed by atoms with van der Waals surface area (Å²) in [7, 11) is 1.24. The molecule has 1 heterocycles. The lowest BCUT2D eigenvalue weighted by Crippen LogP contribution is -2.34. The average molecular weight is 417 g/mol. The van der Waals surface area contributed by atoms with Crippen LogP contribution in [0.5, 0.6) is 0 Å². The lowest BCUT2D eigenvalue weighted by atomic mass is 9.82. The summed E-state index contributed by atoms with van der Waals surface area (Å²) in [6.45, 7) is 1.79. The maximum atomic E-state index is 13.3. The largest absolute Gasteiger partial charge is 0.481 e. The van der Waals surface area contributed by atoms with Crippen LogP contribution in [0.15, 0.2) is 36.4 Å². The maximum absolute atomic E-state index is 13.3. The molecule has 1 amide bonds. The molecule has 29 heavy (non-hydrogen) atoms. The number of halogens is 1. The van der Waals surface area contributed by atoms with Crippen molar-refractivity contribution in [2.45, 2.75) is 19.8 Å². The Morgan fingerprint density at radius 3 is 2.34 bits per heavy atom. The highest BCUT2D eigenvalue weighted by atomic mass is 32.1. The van der Waals surface area contributed by atoms with Gasteiger partial charge >= 0.3 is 11.9 Å². The summed E-state index contributed by atoms with van der Waals surface area (Å²) in [6, 6.07) is 5.68. The third kappa shape index (κ3) is 4.22. The minimum atomic E-state index is -1.03. The van der Waals surface area contributed by atoms with Crippen LogP contribution in [0, 0.1) is 24.6 Å². The number of amides is 1. The number of ether oxygens (including phenoxy) is 1. The van der Waals surface area contributed by atoms with E-state index in [4.69, 9.17) is 4.74 Å². The van der Waals surface area contributed by atoms with E-state index in [9.17, 15) is 23.9 Å². The van der Waals surface area contributed by atoms with Crippen LogP contribution in [0.2, 0.25) is 0 Å². The molecule has 0 aliphatic heterocycles. The second kappa shape index (κ2) is 8.57. The minimum absolute atomic E-state index is 0.174. The molecule has 2 aromatic rings. The molecule has 6 nitrogen and oxygen atoms in total. The maximum Gasteiger partial charge on any atom is 0.341 e. The van der Waals surface area contributed by atoms with E-state index in [1.807, 2.05) is 0 Å². The van der Waals surface area contributed by atoms with E-state index in [0.717, 1.165) is 4.88 Å². The van der Waals surface area contributed by atoms with E-state index in [2.05, 4.69) is 5.32 Å². The van der Waals surface area contributed by atoms with E-state index in [1.165, 1.54) is 30.6 Å². The number of carbonyl (C=O) groups excluding carboxylic acids is 2. The van der Waals surface area contributed by atoms with Crippen LogP contribution in [0.25, 0.3) is 11.1 Å². The van der Waals surface area contributed by atoms with E-state index in [0.29, 0.717) is 17.5 Å². The quantitative estimate of drug-likeness (QED) is 0.560. The zero-order valence-corrected chi connectivity index (χ0v) is 16.7. The summed E-state index contributed by atoms with van der Waals surface area (Å²) in [5.74, 6) is -4.09. The SMILES string of the molecule is COC(=O)c1c(NC(=O)C2CC=CCC2C(=O)O)sc(C)c1-c1ccc(F)cc1. The zero-order chi connectivity index (χ0) is 21.1. The van der Waals surface area contributed by atoms with Gasteiger partial charge < -0.3 is 15.2 Å². The third-order valence-corrected chi connectivity index (χ3v) is 5.95. The van der Waals surface area contributed by atoms with Crippen LogP contribution in [0.4, 0.5) is 9.39 Å². The van der Waals surface area contributed by atoms with Gasteiger partial charge in [0.25, 0.3) is 0 Å². The number of rotatable bonds is 5. The van der Waals surface area contributed by atoms with Gasteiger partial charge in [0.15, 0.2) is 0 Å². The fraction of sp³-hybridized carbons (Fsp3) is 0.286. The van der Waals surface area contributed by atoms with Gasteiger partial charge in [-0.05, 0) is 37.5 Å². The second-order valence-electron chi connectivity index (χ2n) is 6.72. The number of allylic oxidation sites excluding steroid dienone is 2. The summed E-state index contributed by atoms with van der Waals surface area (Å²) < 4.78 is 18.2. The van der Waals surface area contributed by atoms with Crippen molar-refractivity contribution in [3.05, 3.63) is 52.7 Å². The second-order valence-corrected chi connectivity index (χ2v) is 7.94. The van der Waals surface area contributed by atoms with Gasteiger partial charge in [0.2, 0.25) is 5.91 Å². The predicted molar refractivity (Wildman–Crippen MR) is 107 cm³/mol. The summed E-state index contributed by atoms with van der Waals surface area (Å²) in [5, 5.41) is 12.4. The van der Waals surface area contributed by atoms with Gasteiger partial charge in [-0.25, -0.2) is 9.18 Å². The molecule has 0 fully saturated rings. The van der Waals surface area contributed by atoms with Crippen molar-refractivity contribution in [1.29, 1.82) is 0 Å². The summed E-state index contributed by atoms with van der Waals surface area (Å²) >= 11 is 1.19. The predicted octanol–water partition coefficient (Wildman–Crippen LogP) is 4.25. The number of esters is 1. The molecule has 0 saturated heterocycles. The van der Waals surface area contributed by atoms with Crippen LogP contribution in [-0.2, 0) is 14.3 Å². The van der Waals surface area contributed by atoms with Crippen LogP contribution >= 0.6 is 11.3 Å². The molecule has 0 saturated carbocycles. The Labute approximate surface area is 171 Å². The number of nitrogens with one attached hydrogen (secondary N) is 1. The molecule has 1 aromatic carbocycles. The number of benzene rings is 1.